The third-order valence-corrected chi connectivity index (χ3v) is 6.81. The number of nitrogens with one attached hydrogen (secondary N) is 1. The van der Waals surface area contributed by atoms with Crippen molar-refractivity contribution in [1.82, 2.24) is 9.97 Å². The fourth-order valence-corrected chi connectivity index (χ4v) is 5.53. The largest absolute Gasteiger partial charge is 0.486 e. The van der Waals surface area contributed by atoms with Crippen LogP contribution in [0.15, 0.2) is 48.5 Å². The minimum Gasteiger partial charge on any atom is -0.486 e. The SMILES string of the molecule is c1ccc(Cc2nc(Nc3ccc4c(c3)OCCO4)c3c4c(sc3n2)CCC4)cc1. The first-order valence-electron chi connectivity index (χ1n) is 10.4. The minimum absolute atomic E-state index is 0.577. The van der Waals surface area contributed by atoms with E-state index in [9.17, 15) is 0 Å². The summed E-state index contributed by atoms with van der Waals surface area (Å²) in [6.07, 6.45) is 4.18. The summed E-state index contributed by atoms with van der Waals surface area (Å²) in [6.45, 7) is 1.17. The Kier molecular flexibility index (Phi) is 4.30. The first kappa shape index (κ1) is 17.7. The molecule has 1 aliphatic carbocycles. The number of hydrogen-bond donors (Lipinski definition) is 1. The summed E-state index contributed by atoms with van der Waals surface area (Å²) in [7, 11) is 0. The van der Waals surface area contributed by atoms with Crippen LogP contribution in [0.1, 0.15) is 28.2 Å². The summed E-state index contributed by atoms with van der Waals surface area (Å²) in [6, 6.07) is 16.4. The number of thiophene rings is 1. The molecule has 4 aromatic rings. The Morgan fingerprint density at radius 1 is 0.933 bits per heavy atom. The monoisotopic (exact) mass is 415 g/mol. The molecule has 6 heteroatoms. The Morgan fingerprint density at radius 3 is 2.70 bits per heavy atom. The molecule has 2 aromatic carbocycles. The normalized spacial score (nSPS) is 14.7. The average Bonchev–Trinajstić information content (AvgIpc) is 3.35. The van der Waals surface area contributed by atoms with Crippen molar-refractivity contribution in [2.45, 2.75) is 25.7 Å². The molecule has 0 unspecified atom stereocenters. The van der Waals surface area contributed by atoms with Gasteiger partial charge in [0.05, 0.1) is 5.39 Å². The zero-order chi connectivity index (χ0) is 19.9. The van der Waals surface area contributed by atoms with Gasteiger partial charge in [0.25, 0.3) is 0 Å². The predicted octanol–water partition coefficient (Wildman–Crippen LogP) is 5.29. The highest BCUT2D eigenvalue weighted by Crippen LogP contribution is 2.41. The Hall–Kier alpha value is -3.12. The van der Waals surface area contributed by atoms with E-state index in [1.807, 2.05) is 35.6 Å². The van der Waals surface area contributed by atoms with Gasteiger partial charge >= 0.3 is 0 Å². The zero-order valence-corrected chi connectivity index (χ0v) is 17.3. The summed E-state index contributed by atoms with van der Waals surface area (Å²) >= 11 is 1.82. The maximum atomic E-state index is 5.76. The standard InChI is InChI=1S/C24H21N3O2S/c1-2-5-15(6-3-1)13-21-26-23(22-17-7-4-8-20(17)30-24(22)27-21)25-16-9-10-18-19(14-16)29-12-11-28-18/h1-3,5-6,9-10,14H,4,7-8,11-13H2,(H,25,26,27). The molecule has 0 spiro atoms. The molecular weight excluding hydrogens is 394 g/mol. The first-order valence-corrected chi connectivity index (χ1v) is 11.2. The molecule has 5 nitrogen and oxygen atoms in total. The molecule has 0 saturated heterocycles. The Balaban J connectivity index is 1.42. The van der Waals surface area contributed by atoms with E-state index in [2.05, 4.69) is 29.6 Å². The van der Waals surface area contributed by atoms with Crippen molar-refractivity contribution < 1.29 is 9.47 Å². The molecule has 0 saturated carbocycles. The lowest BCUT2D eigenvalue weighted by molar-refractivity contribution is 0.171. The predicted molar refractivity (Wildman–Crippen MR) is 119 cm³/mol. The second-order valence-corrected chi connectivity index (χ2v) is 8.76. The lowest BCUT2D eigenvalue weighted by Gasteiger charge is -2.19. The van der Waals surface area contributed by atoms with E-state index in [4.69, 9.17) is 19.4 Å². The van der Waals surface area contributed by atoms with Crippen molar-refractivity contribution >= 4 is 33.1 Å². The van der Waals surface area contributed by atoms with Gasteiger partial charge in [-0.05, 0) is 42.5 Å². The van der Waals surface area contributed by atoms with E-state index >= 15 is 0 Å². The zero-order valence-electron chi connectivity index (χ0n) is 16.5. The number of rotatable bonds is 4. The van der Waals surface area contributed by atoms with Gasteiger partial charge in [0.2, 0.25) is 0 Å². The van der Waals surface area contributed by atoms with Gasteiger partial charge < -0.3 is 14.8 Å². The summed E-state index contributed by atoms with van der Waals surface area (Å²) in [4.78, 5) is 12.4. The summed E-state index contributed by atoms with van der Waals surface area (Å²) in [5.41, 5.74) is 3.58. The number of aromatic nitrogens is 2. The highest BCUT2D eigenvalue weighted by Gasteiger charge is 2.23. The molecule has 0 radical (unpaired) electrons. The quantitative estimate of drug-likeness (QED) is 0.491. The molecule has 1 N–H and O–H groups in total. The average molecular weight is 416 g/mol. The van der Waals surface area contributed by atoms with E-state index in [1.54, 1.807) is 0 Å². The van der Waals surface area contributed by atoms with Gasteiger partial charge in [-0.2, -0.15) is 0 Å². The first-order chi connectivity index (χ1) is 14.8. The van der Waals surface area contributed by atoms with E-state index < -0.39 is 0 Å². The maximum absolute atomic E-state index is 5.76. The number of aryl methyl sites for hydroxylation is 2. The van der Waals surface area contributed by atoms with Gasteiger partial charge in [0.15, 0.2) is 11.5 Å². The van der Waals surface area contributed by atoms with Crippen LogP contribution in [-0.4, -0.2) is 23.2 Å². The number of ether oxygens (including phenoxy) is 2. The van der Waals surface area contributed by atoms with Crippen LogP contribution >= 0.6 is 11.3 Å². The smallest absolute Gasteiger partial charge is 0.163 e. The van der Waals surface area contributed by atoms with Crippen molar-refractivity contribution in [2.24, 2.45) is 0 Å². The van der Waals surface area contributed by atoms with Gasteiger partial charge in [0.1, 0.15) is 29.7 Å². The van der Waals surface area contributed by atoms with Crippen LogP contribution in [0.4, 0.5) is 11.5 Å². The Labute approximate surface area is 178 Å². The van der Waals surface area contributed by atoms with Crippen molar-refractivity contribution in [3.05, 3.63) is 70.4 Å². The molecule has 2 aromatic heterocycles. The molecule has 6 rings (SSSR count). The number of anilines is 2. The van der Waals surface area contributed by atoms with E-state index in [0.29, 0.717) is 13.2 Å². The topological polar surface area (TPSA) is 56.3 Å². The molecule has 1 aliphatic heterocycles. The van der Waals surface area contributed by atoms with Crippen LogP contribution in [0.2, 0.25) is 0 Å². The Morgan fingerprint density at radius 2 is 1.80 bits per heavy atom. The molecule has 0 atom stereocenters. The van der Waals surface area contributed by atoms with Gasteiger partial charge in [-0.3, -0.25) is 0 Å². The summed E-state index contributed by atoms with van der Waals surface area (Å²) < 4.78 is 11.4. The van der Waals surface area contributed by atoms with E-state index in [-0.39, 0.29) is 0 Å². The minimum atomic E-state index is 0.577. The fourth-order valence-electron chi connectivity index (χ4n) is 4.25. The number of fused-ring (bicyclic) bond motifs is 4. The fraction of sp³-hybridized carbons (Fsp3) is 0.250. The lowest BCUT2D eigenvalue weighted by Crippen LogP contribution is -2.15. The highest BCUT2D eigenvalue weighted by atomic mass is 32.1. The van der Waals surface area contributed by atoms with Gasteiger partial charge in [-0.25, -0.2) is 9.97 Å². The van der Waals surface area contributed by atoms with E-state index in [1.165, 1.54) is 27.8 Å². The number of nitrogens with zero attached hydrogens (tertiary/aromatic N) is 2. The van der Waals surface area contributed by atoms with Gasteiger partial charge in [-0.1, -0.05) is 30.3 Å². The number of benzene rings is 2. The van der Waals surface area contributed by atoms with E-state index in [0.717, 1.165) is 52.9 Å². The van der Waals surface area contributed by atoms with Crippen molar-refractivity contribution in [1.29, 1.82) is 0 Å². The summed E-state index contributed by atoms with van der Waals surface area (Å²) in [5, 5.41) is 4.74. The van der Waals surface area contributed by atoms with Crippen LogP contribution in [0, 0.1) is 0 Å². The molecule has 0 amide bonds. The maximum Gasteiger partial charge on any atom is 0.163 e. The van der Waals surface area contributed by atoms with Gasteiger partial charge in [0, 0.05) is 23.1 Å². The van der Waals surface area contributed by atoms with Crippen LogP contribution < -0.4 is 14.8 Å². The third-order valence-electron chi connectivity index (χ3n) is 5.62. The molecule has 2 aliphatic rings. The van der Waals surface area contributed by atoms with Crippen LogP contribution in [0.3, 0.4) is 0 Å². The molecule has 30 heavy (non-hydrogen) atoms. The molecule has 3 heterocycles. The van der Waals surface area contributed by atoms with Crippen LogP contribution in [0.25, 0.3) is 10.2 Å². The lowest BCUT2D eigenvalue weighted by atomic mass is 10.1. The number of hydrogen-bond acceptors (Lipinski definition) is 6. The molecular formula is C24H21N3O2S. The second kappa shape index (κ2) is 7.29. The van der Waals surface area contributed by atoms with Crippen LogP contribution in [-0.2, 0) is 19.3 Å². The van der Waals surface area contributed by atoms with Crippen molar-refractivity contribution in [3.63, 3.8) is 0 Å². The molecule has 150 valence electrons. The van der Waals surface area contributed by atoms with Crippen molar-refractivity contribution in [2.75, 3.05) is 18.5 Å². The summed E-state index contributed by atoms with van der Waals surface area (Å²) in [5.74, 6) is 3.30. The molecule has 0 fully saturated rings. The highest BCUT2D eigenvalue weighted by molar-refractivity contribution is 7.19. The van der Waals surface area contributed by atoms with Crippen LogP contribution in [0.5, 0.6) is 11.5 Å². The third kappa shape index (κ3) is 3.17. The van der Waals surface area contributed by atoms with Gasteiger partial charge in [-0.15, -0.1) is 11.3 Å². The van der Waals surface area contributed by atoms with Crippen molar-refractivity contribution in [3.8, 4) is 11.5 Å². The molecule has 0 bridgehead atoms. The second-order valence-electron chi connectivity index (χ2n) is 7.67. The Bertz CT molecular complexity index is 1240.